The zero-order valence-electron chi connectivity index (χ0n) is 11.1. The van der Waals surface area contributed by atoms with Gasteiger partial charge in [-0.05, 0) is 36.8 Å². The molecular weight excluding hydrogens is 246 g/mol. The van der Waals surface area contributed by atoms with E-state index in [1.54, 1.807) is 10.4 Å². The molecule has 0 spiro atoms. The monoisotopic (exact) mass is 265 g/mol. The highest BCUT2D eigenvalue weighted by Gasteiger charge is 2.47. The first kappa shape index (κ1) is 12.2. The third-order valence-electron chi connectivity index (χ3n) is 4.04. The van der Waals surface area contributed by atoms with Crippen molar-refractivity contribution < 1.29 is 8.42 Å². The second-order valence-electron chi connectivity index (χ2n) is 6.39. The van der Waals surface area contributed by atoms with E-state index in [9.17, 15) is 8.42 Å². The van der Waals surface area contributed by atoms with Crippen molar-refractivity contribution in [3.05, 3.63) is 29.3 Å². The van der Waals surface area contributed by atoms with Crippen molar-refractivity contribution in [3.8, 4) is 0 Å². The molecule has 0 saturated carbocycles. The quantitative estimate of drug-likeness (QED) is 0.722. The first-order chi connectivity index (χ1) is 8.29. The molecule has 0 N–H and O–H groups in total. The lowest BCUT2D eigenvalue weighted by Gasteiger charge is -2.30. The van der Waals surface area contributed by atoms with Crippen LogP contribution in [0.4, 0.5) is 0 Å². The Kier molecular flexibility index (Phi) is 2.42. The highest BCUT2D eigenvalue weighted by Crippen LogP contribution is 2.42. The third kappa shape index (κ3) is 1.70. The van der Waals surface area contributed by atoms with Crippen LogP contribution < -0.4 is 0 Å². The van der Waals surface area contributed by atoms with Crippen LogP contribution in [0.5, 0.6) is 0 Å². The number of rotatable bonds is 0. The average molecular weight is 265 g/mol. The predicted molar refractivity (Wildman–Crippen MR) is 71.0 cm³/mol. The van der Waals surface area contributed by atoms with E-state index in [2.05, 4.69) is 13.8 Å². The van der Waals surface area contributed by atoms with E-state index in [1.807, 2.05) is 19.1 Å². The van der Waals surface area contributed by atoms with Gasteiger partial charge in [-0.3, -0.25) is 0 Å². The molecule has 1 aromatic carbocycles. The van der Waals surface area contributed by atoms with Crippen molar-refractivity contribution in [3.63, 3.8) is 0 Å². The van der Waals surface area contributed by atoms with Crippen LogP contribution in [-0.4, -0.2) is 25.3 Å². The standard InChI is InChI=1S/C14H19NO2S/c1-10-4-5-13-11(6-10)7-12-8-14(2,3)9-15(12)18(13,16)17/h4-6,12H,7-9H2,1-3H3. The van der Waals surface area contributed by atoms with Gasteiger partial charge < -0.3 is 0 Å². The molecule has 0 aliphatic carbocycles. The fourth-order valence-corrected chi connectivity index (χ4v) is 5.34. The molecule has 1 aromatic rings. The van der Waals surface area contributed by atoms with E-state index in [1.165, 1.54) is 0 Å². The van der Waals surface area contributed by atoms with Crippen molar-refractivity contribution in [1.82, 2.24) is 4.31 Å². The number of hydrogen-bond acceptors (Lipinski definition) is 2. The van der Waals surface area contributed by atoms with Gasteiger partial charge in [0, 0.05) is 12.6 Å². The van der Waals surface area contributed by atoms with Crippen LogP contribution in [-0.2, 0) is 16.4 Å². The van der Waals surface area contributed by atoms with Crippen LogP contribution in [0.1, 0.15) is 31.4 Å². The number of aryl methyl sites for hydroxylation is 1. The fourth-order valence-electron chi connectivity index (χ4n) is 3.31. The molecule has 1 unspecified atom stereocenters. The molecule has 1 fully saturated rings. The molecule has 0 amide bonds. The SMILES string of the molecule is Cc1ccc2c(c1)CC1CC(C)(C)CN1S2(=O)=O. The highest BCUT2D eigenvalue weighted by molar-refractivity contribution is 7.89. The Bertz CT molecular complexity index is 604. The summed E-state index contributed by atoms with van der Waals surface area (Å²) in [6, 6.07) is 5.83. The zero-order valence-corrected chi connectivity index (χ0v) is 11.9. The average Bonchev–Trinajstić information content (AvgIpc) is 2.53. The molecule has 0 bridgehead atoms. The van der Waals surface area contributed by atoms with Crippen LogP contribution in [0.2, 0.25) is 0 Å². The number of benzene rings is 1. The largest absolute Gasteiger partial charge is 0.243 e. The molecule has 2 aliphatic rings. The second-order valence-corrected chi connectivity index (χ2v) is 8.25. The van der Waals surface area contributed by atoms with Gasteiger partial charge in [0.25, 0.3) is 0 Å². The lowest BCUT2D eigenvalue weighted by atomic mass is 9.89. The lowest BCUT2D eigenvalue weighted by molar-refractivity contribution is 0.358. The molecule has 3 nitrogen and oxygen atoms in total. The van der Waals surface area contributed by atoms with Crippen molar-refractivity contribution in [2.24, 2.45) is 5.41 Å². The summed E-state index contributed by atoms with van der Waals surface area (Å²) in [4.78, 5) is 0.516. The Hall–Kier alpha value is -0.870. The highest BCUT2D eigenvalue weighted by atomic mass is 32.2. The Morgan fingerprint density at radius 2 is 2.06 bits per heavy atom. The van der Waals surface area contributed by atoms with Gasteiger partial charge >= 0.3 is 0 Å². The Morgan fingerprint density at radius 1 is 1.33 bits per heavy atom. The van der Waals surface area contributed by atoms with Crippen molar-refractivity contribution >= 4 is 10.0 Å². The molecule has 2 heterocycles. The molecule has 98 valence electrons. The van der Waals surface area contributed by atoms with Crippen molar-refractivity contribution in [2.45, 2.75) is 44.6 Å². The summed E-state index contributed by atoms with van der Waals surface area (Å²) in [5, 5.41) is 0. The van der Waals surface area contributed by atoms with Gasteiger partial charge in [0.05, 0.1) is 4.90 Å². The van der Waals surface area contributed by atoms with Crippen LogP contribution >= 0.6 is 0 Å². The summed E-state index contributed by atoms with van der Waals surface area (Å²) in [5.41, 5.74) is 2.22. The maximum absolute atomic E-state index is 12.6. The van der Waals surface area contributed by atoms with Crippen LogP contribution in [0.25, 0.3) is 0 Å². The normalized spacial score (nSPS) is 28.7. The molecule has 3 rings (SSSR count). The summed E-state index contributed by atoms with van der Waals surface area (Å²) in [7, 11) is -3.27. The predicted octanol–water partition coefficient (Wildman–Crippen LogP) is 2.34. The van der Waals surface area contributed by atoms with Crippen LogP contribution in [0, 0.1) is 12.3 Å². The molecule has 0 aromatic heterocycles. The number of fused-ring (bicyclic) bond motifs is 2. The molecule has 0 radical (unpaired) electrons. The second kappa shape index (κ2) is 3.58. The summed E-state index contributed by atoms with van der Waals surface area (Å²) in [6.45, 7) is 6.96. The Balaban J connectivity index is 2.14. The zero-order chi connectivity index (χ0) is 13.1. The fraction of sp³-hybridized carbons (Fsp3) is 0.571. The van der Waals surface area contributed by atoms with Crippen molar-refractivity contribution in [2.75, 3.05) is 6.54 Å². The van der Waals surface area contributed by atoms with E-state index in [-0.39, 0.29) is 11.5 Å². The van der Waals surface area contributed by atoms with Crippen LogP contribution in [0.15, 0.2) is 23.1 Å². The van der Waals surface area contributed by atoms with E-state index in [4.69, 9.17) is 0 Å². The van der Waals surface area contributed by atoms with Crippen LogP contribution in [0.3, 0.4) is 0 Å². The number of hydrogen-bond donors (Lipinski definition) is 0. The van der Waals surface area contributed by atoms with Gasteiger partial charge in [0.1, 0.15) is 0 Å². The maximum Gasteiger partial charge on any atom is 0.243 e. The summed E-state index contributed by atoms with van der Waals surface area (Å²) < 4.78 is 26.9. The Labute approximate surface area is 109 Å². The topological polar surface area (TPSA) is 37.4 Å². The van der Waals surface area contributed by atoms with E-state index >= 15 is 0 Å². The minimum Gasteiger partial charge on any atom is -0.207 e. The number of nitrogens with zero attached hydrogens (tertiary/aromatic N) is 1. The van der Waals surface area contributed by atoms with Gasteiger partial charge in [-0.15, -0.1) is 0 Å². The minimum atomic E-state index is -3.27. The molecular formula is C14H19NO2S. The lowest BCUT2D eigenvalue weighted by Crippen LogP contribution is -2.41. The van der Waals surface area contributed by atoms with Gasteiger partial charge in [-0.1, -0.05) is 31.5 Å². The maximum atomic E-state index is 12.6. The van der Waals surface area contributed by atoms with E-state index in [0.29, 0.717) is 11.4 Å². The molecule has 2 aliphatic heterocycles. The minimum absolute atomic E-state index is 0.0921. The van der Waals surface area contributed by atoms with Crippen molar-refractivity contribution in [1.29, 1.82) is 0 Å². The molecule has 1 atom stereocenters. The summed E-state index contributed by atoms with van der Waals surface area (Å²) in [6.07, 6.45) is 1.82. The summed E-state index contributed by atoms with van der Waals surface area (Å²) >= 11 is 0. The first-order valence-electron chi connectivity index (χ1n) is 6.41. The first-order valence-corrected chi connectivity index (χ1v) is 7.85. The van der Waals surface area contributed by atoms with Gasteiger partial charge in [0.2, 0.25) is 10.0 Å². The molecule has 18 heavy (non-hydrogen) atoms. The molecule has 4 heteroatoms. The van der Waals surface area contributed by atoms with Gasteiger partial charge in [-0.25, -0.2) is 8.42 Å². The van der Waals surface area contributed by atoms with E-state index in [0.717, 1.165) is 24.0 Å². The van der Waals surface area contributed by atoms with E-state index < -0.39 is 10.0 Å². The molecule has 1 saturated heterocycles. The number of sulfonamides is 1. The third-order valence-corrected chi connectivity index (χ3v) is 6.04. The Morgan fingerprint density at radius 3 is 2.78 bits per heavy atom. The smallest absolute Gasteiger partial charge is 0.207 e. The van der Waals surface area contributed by atoms with Gasteiger partial charge in [0.15, 0.2) is 0 Å². The summed E-state index contributed by atoms with van der Waals surface area (Å²) in [5.74, 6) is 0. The van der Waals surface area contributed by atoms with Gasteiger partial charge in [-0.2, -0.15) is 4.31 Å².